The number of halogens is 3. The van der Waals surface area contributed by atoms with Crippen molar-refractivity contribution in [3.63, 3.8) is 0 Å². The van der Waals surface area contributed by atoms with Gasteiger partial charge >= 0.3 is 6.09 Å². The molecular weight excluding hydrogens is 491 g/mol. The monoisotopic (exact) mass is 515 g/mol. The lowest BCUT2D eigenvalue weighted by molar-refractivity contribution is -0.0631. The maximum Gasteiger partial charge on any atom is 0.408 e. The molecule has 1 saturated carbocycles. The standard InChI is InChI=1S/C22H24F2INO3/c1-21(12-28-20(27)26-21)15-6-9-17-13(11-15)3-10-18(19(17)25)29-16-7-4-14(5-8-16)22(2,23)24/h3,6,9-11,14,16H,4-5,7-8,12H2,1-2H3,(H,26,27)/t14?,16?,21-/m0/s1. The summed E-state index contributed by atoms with van der Waals surface area (Å²) in [6.45, 7) is 3.26. The van der Waals surface area contributed by atoms with E-state index in [9.17, 15) is 13.6 Å². The number of fused-ring (bicyclic) bond motifs is 1. The molecule has 4 nitrogen and oxygen atoms in total. The molecule has 29 heavy (non-hydrogen) atoms. The van der Waals surface area contributed by atoms with E-state index in [1.807, 2.05) is 31.2 Å². The zero-order chi connectivity index (χ0) is 20.8. The van der Waals surface area contributed by atoms with Gasteiger partial charge in [0, 0.05) is 5.92 Å². The van der Waals surface area contributed by atoms with Crippen molar-refractivity contribution in [2.45, 2.75) is 57.1 Å². The highest BCUT2D eigenvalue weighted by atomic mass is 127. The Kier molecular flexibility index (Phi) is 5.38. The summed E-state index contributed by atoms with van der Waals surface area (Å²) in [5.74, 6) is -2.36. The third-order valence-corrected chi connectivity index (χ3v) is 7.22. The van der Waals surface area contributed by atoms with Gasteiger partial charge in [0.1, 0.15) is 12.4 Å². The van der Waals surface area contributed by atoms with E-state index in [1.165, 1.54) is 0 Å². The number of hydrogen-bond donors (Lipinski definition) is 1. The number of benzene rings is 2. The normalized spacial score (nSPS) is 27.6. The van der Waals surface area contributed by atoms with Gasteiger partial charge in [-0.3, -0.25) is 0 Å². The van der Waals surface area contributed by atoms with Gasteiger partial charge in [-0.05, 0) is 90.6 Å². The molecule has 0 spiro atoms. The SMILES string of the molecule is CC(F)(F)C1CCC(Oc2ccc3cc([C@]4(C)COC(=O)N4)ccc3c2I)CC1. The Morgan fingerprint density at radius 3 is 2.55 bits per heavy atom. The molecule has 156 valence electrons. The molecule has 1 saturated heterocycles. The second kappa shape index (κ2) is 7.56. The molecule has 2 fully saturated rings. The molecule has 2 aliphatic rings. The van der Waals surface area contributed by atoms with E-state index in [2.05, 4.69) is 34.0 Å². The topological polar surface area (TPSA) is 47.6 Å². The minimum absolute atomic E-state index is 0.0244. The first kappa shape index (κ1) is 20.6. The molecule has 4 rings (SSSR count). The number of carbonyl (C=O) groups excluding carboxylic acids is 1. The van der Waals surface area contributed by atoms with Crippen LogP contribution in [0.15, 0.2) is 30.3 Å². The molecule has 1 amide bonds. The smallest absolute Gasteiger partial charge is 0.408 e. The van der Waals surface area contributed by atoms with Crippen molar-refractivity contribution in [1.29, 1.82) is 0 Å². The van der Waals surface area contributed by atoms with Gasteiger partial charge in [-0.15, -0.1) is 0 Å². The lowest BCUT2D eigenvalue weighted by atomic mass is 9.84. The van der Waals surface area contributed by atoms with Gasteiger partial charge in [0.25, 0.3) is 0 Å². The fraction of sp³-hybridized carbons (Fsp3) is 0.500. The van der Waals surface area contributed by atoms with Crippen LogP contribution in [0.3, 0.4) is 0 Å². The Balaban J connectivity index is 1.51. The van der Waals surface area contributed by atoms with Gasteiger partial charge in [-0.2, -0.15) is 0 Å². The number of nitrogens with one attached hydrogen (secondary N) is 1. The van der Waals surface area contributed by atoms with Crippen molar-refractivity contribution in [2.24, 2.45) is 5.92 Å². The van der Waals surface area contributed by atoms with Crippen molar-refractivity contribution < 1.29 is 23.0 Å². The number of alkyl carbamates (subject to hydrolysis) is 1. The van der Waals surface area contributed by atoms with E-state index in [-0.39, 0.29) is 6.10 Å². The van der Waals surface area contributed by atoms with E-state index in [0.717, 1.165) is 32.6 Å². The number of carbonyl (C=O) groups is 1. The van der Waals surface area contributed by atoms with Gasteiger partial charge < -0.3 is 14.8 Å². The predicted octanol–water partition coefficient (Wildman–Crippen LogP) is 5.99. The number of cyclic esters (lactones) is 1. The minimum Gasteiger partial charge on any atom is -0.489 e. The van der Waals surface area contributed by atoms with Crippen LogP contribution in [0.25, 0.3) is 10.8 Å². The Morgan fingerprint density at radius 1 is 1.21 bits per heavy atom. The van der Waals surface area contributed by atoms with Crippen molar-refractivity contribution in [3.05, 3.63) is 39.5 Å². The molecule has 7 heteroatoms. The lowest BCUT2D eigenvalue weighted by Crippen LogP contribution is -2.37. The van der Waals surface area contributed by atoms with Crippen LogP contribution >= 0.6 is 22.6 Å². The van der Waals surface area contributed by atoms with Gasteiger partial charge in [0.15, 0.2) is 0 Å². The van der Waals surface area contributed by atoms with E-state index < -0.39 is 23.5 Å². The Hall–Kier alpha value is -1.64. The van der Waals surface area contributed by atoms with Gasteiger partial charge in [-0.1, -0.05) is 18.2 Å². The highest BCUT2D eigenvalue weighted by molar-refractivity contribution is 14.1. The van der Waals surface area contributed by atoms with Crippen molar-refractivity contribution >= 4 is 39.5 Å². The van der Waals surface area contributed by atoms with Crippen LogP contribution in [-0.4, -0.2) is 24.7 Å². The molecule has 1 N–H and O–H groups in total. The molecule has 0 unspecified atom stereocenters. The van der Waals surface area contributed by atoms with E-state index in [4.69, 9.17) is 9.47 Å². The highest BCUT2D eigenvalue weighted by Crippen LogP contribution is 2.39. The molecule has 1 aliphatic heterocycles. The average Bonchev–Trinajstić information content (AvgIpc) is 3.03. The highest BCUT2D eigenvalue weighted by Gasteiger charge is 2.38. The van der Waals surface area contributed by atoms with Crippen LogP contribution in [-0.2, 0) is 10.3 Å². The Morgan fingerprint density at radius 2 is 1.93 bits per heavy atom. The first-order valence-electron chi connectivity index (χ1n) is 9.88. The lowest BCUT2D eigenvalue weighted by Gasteiger charge is -2.32. The number of ether oxygens (including phenoxy) is 2. The second-order valence-electron chi connectivity index (χ2n) is 8.39. The third-order valence-electron chi connectivity index (χ3n) is 6.11. The number of hydrogen-bond acceptors (Lipinski definition) is 3. The van der Waals surface area contributed by atoms with E-state index >= 15 is 0 Å². The van der Waals surface area contributed by atoms with E-state index in [0.29, 0.717) is 32.3 Å². The van der Waals surface area contributed by atoms with Crippen LogP contribution in [0, 0.1) is 9.49 Å². The fourth-order valence-corrected chi connectivity index (χ4v) is 5.03. The van der Waals surface area contributed by atoms with Crippen LogP contribution in [0.1, 0.15) is 45.1 Å². The zero-order valence-electron chi connectivity index (χ0n) is 16.4. The quantitative estimate of drug-likeness (QED) is 0.509. The van der Waals surface area contributed by atoms with Crippen molar-refractivity contribution in [2.75, 3.05) is 6.61 Å². The fourth-order valence-electron chi connectivity index (χ4n) is 4.24. The van der Waals surface area contributed by atoms with Crippen LogP contribution < -0.4 is 10.1 Å². The summed E-state index contributed by atoms with van der Waals surface area (Å²) < 4.78 is 39.3. The molecule has 1 aliphatic carbocycles. The molecule has 1 atom stereocenters. The summed E-state index contributed by atoms with van der Waals surface area (Å²) in [6.07, 6.45) is 1.87. The van der Waals surface area contributed by atoms with Gasteiger partial charge in [0.2, 0.25) is 5.92 Å². The molecule has 2 aromatic carbocycles. The van der Waals surface area contributed by atoms with Crippen molar-refractivity contribution in [3.8, 4) is 5.75 Å². The molecule has 1 heterocycles. The third kappa shape index (κ3) is 4.15. The molecule has 0 bridgehead atoms. The first-order chi connectivity index (χ1) is 13.7. The second-order valence-corrected chi connectivity index (χ2v) is 9.47. The summed E-state index contributed by atoms with van der Waals surface area (Å²) in [7, 11) is 0. The number of amides is 1. The number of rotatable bonds is 4. The molecule has 0 aromatic heterocycles. The summed E-state index contributed by atoms with van der Waals surface area (Å²) in [5.41, 5.74) is 0.449. The minimum atomic E-state index is -2.61. The summed E-state index contributed by atoms with van der Waals surface area (Å²) in [6, 6.07) is 10.0. The maximum absolute atomic E-state index is 13.5. The largest absolute Gasteiger partial charge is 0.489 e. The molecule has 2 aromatic rings. The van der Waals surface area contributed by atoms with Gasteiger partial charge in [0.05, 0.1) is 15.2 Å². The predicted molar refractivity (Wildman–Crippen MR) is 115 cm³/mol. The summed E-state index contributed by atoms with van der Waals surface area (Å²) in [5, 5.41) is 4.98. The molecule has 0 radical (unpaired) electrons. The first-order valence-corrected chi connectivity index (χ1v) is 11.0. The Bertz CT molecular complexity index is 938. The molecular formula is C22H24F2INO3. The summed E-state index contributed by atoms with van der Waals surface area (Å²) >= 11 is 2.28. The maximum atomic E-state index is 13.5. The Labute approximate surface area is 182 Å². The van der Waals surface area contributed by atoms with Crippen LogP contribution in [0.5, 0.6) is 5.75 Å². The number of alkyl halides is 2. The van der Waals surface area contributed by atoms with E-state index in [1.54, 1.807) is 0 Å². The zero-order valence-corrected chi connectivity index (χ0v) is 18.6. The van der Waals surface area contributed by atoms with Crippen LogP contribution in [0.4, 0.5) is 13.6 Å². The summed E-state index contributed by atoms with van der Waals surface area (Å²) in [4.78, 5) is 11.5. The van der Waals surface area contributed by atoms with Crippen LogP contribution in [0.2, 0.25) is 0 Å². The van der Waals surface area contributed by atoms with Crippen molar-refractivity contribution in [1.82, 2.24) is 5.32 Å². The average molecular weight is 515 g/mol. The van der Waals surface area contributed by atoms with Gasteiger partial charge in [-0.25, -0.2) is 13.6 Å².